The second kappa shape index (κ2) is 5.51. The summed E-state index contributed by atoms with van der Waals surface area (Å²) < 4.78 is 27.3. The van der Waals surface area contributed by atoms with E-state index in [4.69, 9.17) is 5.73 Å². The molecule has 1 aliphatic rings. The van der Waals surface area contributed by atoms with Gasteiger partial charge < -0.3 is 11.1 Å². The SMILES string of the molecule is Cc1ccc(F)c(F)c1CCc1nc(N)c2c(n1)NC(=O)C2(C)C. The van der Waals surface area contributed by atoms with Crippen LogP contribution in [0.3, 0.4) is 0 Å². The molecule has 0 atom stereocenters. The molecule has 0 aliphatic carbocycles. The monoisotopic (exact) mass is 332 g/mol. The van der Waals surface area contributed by atoms with E-state index in [1.807, 2.05) is 0 Å². The molecule has 3 N–H and O–H groups in total. The number of aryl methyl sites for hydroxylation is 2. The zero-order chi connectivity index (χ0) is 17.6. The van der Waals surface area contributed by atoms with E-state index in [9.17, 15) is 13.6 Å². The molecule has 0 radical (unpaired) electrons. The number of halogens is 2. The molecule has 0 saturated heterocycles. The van der Waals surface area contributed by atoms with Gasteiger partial charge in [-0.25, -0.2) is 18.7 Å². The van der Waals surface area contributed by atoms with Gasteiger partial charge >= 0.3 is 0 Å². The number of anilines is 2. The number of carbonyl (C=O) groups is 1. The Morgan fingerprint density at radius 2 is 1.92 bits per heavy atom. The molecule has 0 saturated carbocycles. The summed E-state index contributed by atoms with van der Waals surface area (Å²) in [5.41, 5.74) is 6.73. The average Bonchev–Trinajstić information content (AvgIpc) is 2.73. The molecule has 1 amide bonds. The van der Waals surface area contributed by atoms with Crippen molar-refractivity contribution in [2.75, 3.05) is 11.1 Å². The lowest BCUT2D eigenvalue weighted by atomic mass is 9.87. The third kappa shape index (κ3) is 2.50. The van der Waals surface area contributed by atoms with Gasteiger partial charge in [-0.15, -0.1) is 0 Å². The summed E-state index contributed by atoms with van der Waals surface area (Å²) in [5.74, 6) is -0.911. The molecule has 2 heterocycles. The van der Waals surface area contributed by atoms with Gasteiger partial charge in [0.05, 0.1) is 11.0 Å². The summed E-state index contributed by atoms with van der Waals surface area (Å²) in [6.07, 6.45) is 0.528. The van der Waals surface area contributed by atoms with Crippen LogP contribution in [0.1, 0.15) is 36.4 Å². The van der Waals surface area contributed by atoms with E-state index in [-0.39, 0.29) is 24.6 Å². The van der Waals surface area contributed by atoms with Crippen LogP contribution < -0.4 is 11.1 Å². The van der Waals surface area contributed by atoms with Crippen LogP contribution in [0.25, 0.3) is 0 Å². The Labute approximate surface area is 138 Å². The lowest BCUT2D eigenvalue weighted by Gasteiger charge is -2.16. The topological polar surface area (TPSA) is 80.9 Å². The summed E-state index contributed by atoms with van der Waals surface area (Å²) in [7, 11) is 0. The molecule has 1 aliphatic heterocycles. The van der Waals surface area contributed by atoms with Crippen LogP contribution in [-0.4, -0.2) is 15.9 Å². The van der Waals surface area contributed by atoms with Gasteiger partial charge in [-0.3, -0.25) is 4.79 Å². The molecule has 0 bridgehead atoms. The van der Waals surface area contributed by atoms with Gasteiger partial charge in [-0.2, -0.15) is 0 Å². The number of hydrogen-bond donors (Lipinski definition) is 2. The van der Waals surface area contributed by atoms with Gasteiger partial charge in [-0.05, 0) is 44.4 Å². The lowest BCUT2D eigenvalue weighted by Crippen LogP contribution is -2.27. The fraction of sp³-hybridized carbons (Fsp3) is 0.353. The Morgan fingerprint density at radius 1 is 1.21 bits per heavy atom. The van der Waals surface area contributed by atoms with Crippen molar-refractivity contribution in [3.63, 3.8) is 0 Å². The number of benzene rings is 1. The van der Waals surface area contributed by atoms with Crippen LogP contribution >= 0.6 is 0 Å². The standard InChI is InChI=1S/C17H18F2N4O/c1-8-4-6-10(18)13(19)9(8)5-7-11-21-14(20)12-15(22-11)23-16(24)17(12,2)3/h4,6H,5,7H2,1-3H3,(H3,20,21,22,23,24). The van der Waals surface area contributed by atoms with E-state index in [1.54, 1.807) is 20.8 Å². The normalized spacial score (nSPS) is 15.3. The highest BCUT2D eigenvalue weighted by atomic mass is 19.2. The smallest absolute Gasteiger partial charge is 0.235 e. The van der Waals surface area contributed by atoms with E-state index >= 15 is 0 Å². The van der Waals surface area contributed by atoms with E-state index < -0.39 is 17.0 Å². The van der Waals surface area contributed by atoms with Crippen molar-refractivity contribution in [1.82, 2.24) is 9.97 Å². The summed E-state index contributed by atoms with van der Waals surface area (Å²) in [4.78, 5) is 20.5. The summed E-state index contributed by atoms with van der Waals surface area (Å²) >= 11 is 0. The Kier molecular flexibility index (Phi) is 3.74. The second-order valence-corrected chi connectivity index (χ2v) is 6.48. The predicted octanol–water partition coefficient (Wildman–Crippen LogP) is 2.66. The third-order valence-corrected chi connectivity index (χ3v) is 4.44. The Bertz CT molecular complexity index is 849. The molecule has 0 unspecified atom stereocenters. The van der Waals surface area contributed by atoms with Crippen molar-refractivity contribution in [3.05, 3.63) is 46.3 Å². The summed E-state index contributed by atoms with van der Waals surface area (Å²) in [6, 6.07) is 2.64. The van der Waals surface area contributed by atoms with Crippen molar-refractivity contribution >= 4 is 17.5 Å². The van der Waals surface area contributed by atoms with E-state index in [1.165, 1.54) is 6.07 Å². The molecular weight excluding hydrogens is 314 g/mol. The highest BCUT2D eigenvalue weighted by Gasteiger charge is 2.42. The van der Waals surface area contributed by atoms with Crippen LogP contribution in [0.5, 0.6) is 0 Å². The lowest BCUT2D eigenvalue weighted by molar-refractivity contribution is -0.119. The number of nitrogens with one attached hydrogen (secondary N) is 1. The molecular formula is C17H18F2N4O. The number of amides is 1. The third-order valence-electron chi connectivity index (χ3n) is 4.44. The number of hydrogen-bond acceptors (Lipinski definition) is 4. The number of aromatic nitrogens is 2. The van der Waals surface area contributed by atoms with Crippen LogP contribution in [0.2, 0.25) is 0 Å². The first-order valence-electron chi connectivity index (χ1n) is 7.63. The van der Waals surface area contributed by atoms with Crippen LogP contribution in [0, 0.1) is 18.6 Å². The fourth-order valence-corrected chi connectivity index (χ4v) is 2.95. The molecule has 1 aromatic heterocycles. The molecule has 7 heteroatoms. The largest absolute Gasteiger partial charge is 0.383 e. The highest BCUT2D eigenvalue weighted by molar-refractivity contribution is 6.06. The first-order valence-corrected chi connectivity index (χ1v) is 7.63. The maximum atomic E-state index is 13.9. The van der Waals surface area contributed by atoms with E-state index in [0.717, 1.165) is 6.07 Å². The minimum absolute atomic E-state index is 0.192. The zero-order valence-electron chi connectivity index (χ0n) is 13.7. The molecule has 1 aromatic carbocycles. The Hall–Kier alpha value is -2.57. The van der Waals surface area contributed by atoms with Gasteiger partial charge in [0.2, 0.25) is 5.91 Å². The van der Waals surface area contributed by atoms with Gasteiger partial charge in [-0.1, -0.05) is 6.07 Å². The zero-order valence-corrected chi connectivity index (χ0v) is 13.7. The van der Waals surface area contributed by atoms with E-state index in [2.05, 4.69) is 15.3 Å². The first kappa shape index (κ1) is 16.3. The van der Waals surface area contributed by atoms with Crippen molar-refractivity contribution in [1.29, 1.82) is 0 Å². The molecule has 3 rings (SSSR count). The number of nitrogens with zero attached hydrogens (tertiary/aromatic N) is 2. The van der Waals surface area contributed by atoms with Crippen molar-refractivity contribution in [2.45, 2.75) is 39.0 Å². The molecule has 24 heavy (non-hydrogen) atoms. The fourth-order valence-electron chi connectivity index (χ4n) is 2.95. The first-order chi connectivity index (χ1) is 11.2. The van der Waals surface area contributed by atoms with Gasteiger partial charge in [0.1, 0.15) is 17.5 Å². The second-order valence-electron chi connectivity index (χ2n) is 6.48. The van der Waals surface area contributed by atoms with Crippen LogP contribution in [0.15, 0.2) is 12.1 Å². The minimum Gasteiger partial charge on any atom is -0.383 e. The van der Waals surface area contributed by atoms with Crippen molar-refractivity contribution in [3.8, 4) is 0 Å². The summed E-state index contributed by atoms with van der Waals surface area (Å²) in [6.45, 7) is 5.22. The highest BCUT2D eigenvalue weighted by Crippen LogP contribution is 2.39. The number of nitrogen functional groups attached to an aromatic ring is 1. The maximum Gasteiger partial charge on any atom is 0.235 e. The Morgan fingerprint density at radius 3 is 2.62 bits per heavy atom. The molecule has 126 valence electrons. The minimum atomic E-state index is -0.876. The summed E-state index contributed by atoms with van der Waals surface area (Å²) in [5, 5.41) is 2.69. The van der Waals surface area contributed by atoms with Gasteiger partial charge in [0.25, 0.3) is 0 Å². The van der Waals surface area contributed by atoms with E-state index in [0.29, 0.717) is 28.3 Å². The molecule has 5 nitrogen and oxygen atoms in total. The number of nitrogens with two attached hydrogens (primary N) is 1. The predicted molar refractivity (Wildman–Crippen MR) is 86.6 cm³/mol. The molecule has 2 aromatic rings. The molecule has 0 fully saturated rings. The van der Waals surface area contributed by atoms with Crippen molar-refractivity contribution < 1.29 is 13.6 Å². The van der Waals surface area contributed by atoms with Gasteiger partial charge in [0, 0.05) is 6.42 Å². The number of rotatable bonds is 3. The number of carbonyl (C=O) groups excluding carboxylic acids is 1. The maximum absolute atomic E-state index is 13.9. The molecule has 0 spiro atoms. The average molecular weight is 332 g/mol. The Balaban J connectivity index is 1.89. The van der Waals surface area contributed by atoms with Crippen LogP contribution in [0.4, 0.5) is 20.4 Å². The van der Waals surface area contributed by atoms with Crippen molar-refractivity contribution in [2.24, 2.45) is 0 Å². The number of fused-ring (bicyclic) bond motifs is 1. The van der Waals surface area contributed by atoms with Gasteiger partial charge in [0.15, 0.2) is 11.6 Å². The quantitative estimate of drug-likeness (QED) is 0.905. The van der Waals surface area contributed by atoms with Crippen LogP contribution in [-0.2, 0) is 23.1 Å².